The van der Waals surface area contributed by atoms with Gasteiger partial charge in [-0.2, -0.15) is 0 Å². The lowest BCUT2D eigenvalue weighted by Crippen LogP contribution is -2.50. The number of piperidine rings is 1. The summed E-state index contributed by atoms with van der Waals surface area (Å²) >= 11 is 9.26. The lowest BCUT2D eigenvalue weighted by Gasteiger charge is -2.30. The van der Waals surface area contributed by atoms with Gasteiger partial charge in [0, 0.05) is 17.1 Å². The number of benzene rings is 1. The summed E-state index contributed by atoms with van der Waals surface area (Å²) in [4.78, 5) is 0.121. The van der Waals surface area contributed by atoms with Crippen molar-refractivity contribution < 1.29 is 8.42 Å². The van der Waals surface area contributed by atoms with Gasteiger partial charge in [0.15, 0.2) is 0 Å². The van der Waals surface area contributed by atoms with Gasteiger partial charge < -0.3 is 5.32 Å². The van der Waals surface area contributed by atoms with Crippen molar-refractivity contribution in [3.8, 4) is 0 Å². The van der Waals surface area contributed by atoms with Crippen LogP contribution in [0, 0.1) is 5.92 Å². The van der Waals surface area contributed by atoms with Crippen LogP contribution in [-0.4, -0.2) is 27.5 Å². The zero-order chi connectivity index (χ0) is 14.0. The van der Waals surface area contributed by atoms with Crippen molar-refractivity contribution in [2.24, 2.45) is 5.92 Å². The Balaban J connectivity index is 2.22. The third-order valence-electron chi connectivity index (χ3n) is 3.32. The fourth-order valence-electron chi connectivity index (χ4n) is 2.10. The van der Waals surface area contributed by atoms with Crippen molar-refractivity contribution in [1.29, 1.82) is 0 Å². The summed E-state index contributed by atoms with van der Waals surface area (Å²) in [7, 11) is -3.58. The van der Waals surface area contributed by atoms with Crippen molar-refractivity contribution in [1.82, 2.24) is 10.0 Å². The first-order valence-electron chi connectivity index (χ1n) is 6.08. The molecule has 2 rings (SSSR count). The second kappa shape index (κ2) is 6.10. The molecule has 0 aliphatic carbocycles. The summed E-state index contributed by atoms with van der Waals surface area (Å²) in [5, 5.41) is 3.42. The average molecular weight is 368 g/mol. The molecular formula is C12H16BrClN2O2S. The van der Waals surface area contributed by atoms with E-state index < -0.39 is 10.0 Å². The Bertz CT molecular complexity index is 565. The van der Waals surface area contributed by atoms with Gasteiger partial charge in [0.05, 0.1) is 5.02 Å². The Hall–Kier alpha value is -0.140. The summed E-state index contributed by atoms with van der Waals surface area (Å²) in [6.45, 7) is 3.63. The minimum Gasteiger partial charge on any atom is -0.315 e. The van der Waals surface area contributed by atoms with Gasteiger partial charge in [-0.1, -0.05) is 34.5 Å². The van der Waals surface area contributed by atoms with E-state index in [0.717, 1.165) is 17.4 Å². The molecule has 1 aliphatic rings. The van der Waals surface area contributed by atoms with E-state index in [9.17, 15) is 8.42 Å². The summed E-state index contributed by atoms with van der Waals surface area (Å²) in [6, 6.07) is 4.66. The Labute approximate surface area is 127 Å². The van der Waals surface area contributed by atoms with E-state index in [4.69, 9.17) is 11.6 Å². The molecule has 0 amide bonds. The second-order valence-electron chi connectivity index (χ2n) is 4.77. The topological polar surface area (TPSA) is 58.2 Å². The van der Waals surface area contributed by atoms with Crippen molar-refractivity contribution in [3.05, 3.63) is 27.7 Å². The highest BCUT2D eigenvalue weighted by Gasteiger charge is 2.27. The molecule has 2 N–H and O–H groups in total. The largest absolute Gasteiger partial charge is 0.315 e. The summed E-state index contributed by atoms with van der Waals surface area (Å²) in [5.74, 6) is 0.310. The molecule has 106 valence electrons. The molecule has 0 spiro atoms. The molecule has 19 heavy (non-hydrogen) atoms. The third kappa shape index (κ3) is 3.70. The van der Waals surface area contributed by atoms with Crippen LogP contribution < -0.4 is 10.0 Å². The fourth-order valence-corrected chi connectivity index (χ4v) is 4.49. The molecule has 1 aromatic rings. The zero-order valence-corrected chi connectivity index (χ0v) is 13.6. The monoisotopic (exact) mass is 366 g/mol. The molecule has 1 heterocycles. The third-order valence-corrected chi connectivity index (χ3v) is 5.78. The van der Waals surface area contributed by atoms with E-state index >= 15 is 0 Å². The Morgan fingerprint density at radius 2 is 2.21 bits per heavy atom. The highest BCUT2D eigenvalue weighted by molar-refractivity contribution is 9.10. The molecule has 1 fully saturated rings. The van der Waals surface area contributed by atoms with Crippen molar-refractivity contribution >= 4 is 37.6 Å². The molecule has 7 heteroatoms. The van der Waals surface area contributed by atoms with Gasteiger partial charge in [0.25, 0.3) is 0 Å². The van der Waals surface area contributed by atoms with Gasteiger partial charge in [0.1, 0.15) is 4.90 Å². The number of halogens is 2. The molecule has 4 nitrogen and oxygen atoms in total. The number of nitrogens with one attached hydrogen (secondary N) is 2. The van der Waals surface area contributed by atoms with Crippen LogP contribution in [0.3, 0.4) is 0 Å². The van der Waals surface area contributed by atoms with E-state index in [0.29, 0.717) is 12.5 Å². The molecule has 0 bridgehead atoms. The van der Waals surface area contributed by atoms with E-state index in [1.807, 2.05) is 0 Å². The maximum absolute atomic E-state index is 12.3. The normalized spacial score (nSPS) is 24.4. The van der Waals surface area contributed by atoms with E-state index in [1.165, 1.54) is 6.07 Å². The lowest BCUT2D eigenvalue weighted by atomic mass is 9.96. The van der Waals surface area contributed by atoms with Crippen molar-refractivity contribution in [3.63, 3.8) is 0 Å². The first-order valence-corrected chi connectivity index (χ1v) is 8.73. The van der Waals surface area contributed by atoms with E-state index in [-0.39, 0.29) is 16.0 Å². The van der Waals surface area contributed by atoms with Gasteiger partial charge in [0.2, 0.25) is 10.0 Å². The first-order chi connectivity index (χ1) is 8.90. The zero-order valence-electron chi connectivity index (χ0n) is 10.5. The van der Waals surface area contributed by atoms with Gasteiger partial charge in [-0.15, -0.1) is 0 Å². The lowest BCUT2D eigenvalue weighted by molar-refractivity contribution is 0.327. The predicted octanol–water partition coefficient (Wildman–Crippen LogP) is 2.38. The number of hydrogen-bond acceptors (Lipinski definition) is 3. The van der Waals surface area contributed by atoms with Gasteiger partial charge in [-0.25, -0.2) is 13.1 Å². The van der Waals surface area contributed by atoms with Crippen LogP contribution >= 0.6 is 27.5 Å². The van der Waals surface area contributed by atoms with Crippen LogP contribution in [0.1, 0.15) is 13.3 Å². The van der Waals surface area contributed by atoms with Crippen molar-refractivity contribution in [2.45, 2.75) is 24.3 Å². The minimum absolute atomic E-state index is 0.0986. The number of rotatable bonds is 3. The molecule has 0 saturated carbocycles. The smallest absolute Gasteiger partial charge is 0.242 e. The fraction of sp³-hybridized carbons (Fsp3) is 0.500. The van der Waals surface area contributed by atoms with Crippen molar-refractivity contribution in [2.75, 3.05) is 13.1 Å². The molecule has 0 radical (unpaired) electrons. The highest BCUT2D eigenvalue weighted by atomic mass is 79.9. The van der Waals surface area contributed by atoms with Crippen LogP contribution in [0.2, 0.25) is 5.02 Å². The average Bonchev–Trinajstić information content (AvgIpc) is 2.31. The van der Waals surface area contributed by atoms with Gasteiger partial charge in [-0.05, 0) is 37.1 Å². The molecule has 1 aliphatic heterocycles. The summed E-state index contributed by atoms with van der Waals surface area (Å²) in [5.41, 5.74) is 0. The minimum atomic E-state index is -3.58. The molecular weight excluding hydrogens is 352 g/mol. The first kappa shape index (κ1) is 15.3. The summed E-state index contributed by atoms with van der Waals surface area (Å²) in [6.07, 6.45) is 0.960. The van der Waals surface area contributed by atoms with E-state index in [1.54, 1.807) is 12.1 Å². The summed E-state index contributed by atoms with van der Waals surface area (Å²) < 4.78 is 28.2. The maximum atomic E-state index is 12.3. The van der Waals surface area contributed by atoms with Crippen LogP contribution in [0.4, 0.5) is 0 Å². The Morgan fingerprint density at radius 1 is 1.47 bits per heavy atom. The molecule has 2 unspecified atom stereocenters. The molecule has 1 saturated heterocycles. The maximum Gasteiger partial charge on any atom is 0.242 e. The predicted molar refractivity (Wildman–Crippen MR) is 79.9 cm³/mol. The number of sulfonamides is 1. The van der Waals surface area contributed by atoms with Gasteiger partial charge >= 0.3 is 0 Å². The second-order valence-corrected chi connectivity index (χ2v) is 7.78. The van der Waals surface area contributed by atoms with Crippen LogP contribution in [-0.2, 0) is 10.0 Å². The molecule has 2 atom stereocenters. The van der Waals surface area contributed by atoms with Crippen LogP contribution in [0.5, 0.6) is 0 Å². The quantitative estimate of drug-likeness (QED) is 0.862. The SMILES string of the molecule is CC1CCNCC1NS(=O)(=O)c1ccc(Br)cc1Cl. The highest BCUT2D eigenvalue weighted by Crippen LogP contribution is 2.26. The Kier molecular flexibility index (Phi) is 4.89. The van der Waals surface area contributed by atoms with Gasteiger partial charge in [-0.3, -0.25) is 0 Å². The molecule has 1 aromatic carbocycles. The standard InChI is InChI=1S/C12H16BrClN2O2S/c1-8-4-5-15-7-11(8)16-19(17,18)12-3-2-9(13)6-10(12)14/h2-3,6,8,11,15-16H,4-5,7H2,1H3. The Morgan fingerprint density at radius 3 is 2.84 bits per heavy atom. The van der Waals surface area contributed by atoms with E-state index in [2.05, 4.69) is 32.9 Å². The number of hydrogen-bond donors (Lipinski definition) is 2. The molecule has 0 aromatic heterocycles. The van der Waals surface area contributed by atoms with Crippen LogP contribution in [0.25, 0.3) is 0 Å². The van der Waals surface area contributed by atoms with Crippen LogP contribution in [0.15, 0.2) is 27.6 Å².